The van der Waals surface area contributed by atoms with Crippen LogP contribution in [0.3, 0.4) is 0 Å². The molecule has 0 aliphatic carbocycles. The molecule has 5 N–H and O–H groups in total. The minimum atomic E-state index is -0.921. The molecule has 0 saturated carbocycles. The Balaban J connectivity index is 0.000000547. The zero-order chi connectivity index (χ0) is 107. The van der Waals surface area contributed by atoms with E-state index in [-0.39, 0.29) is 73.7 Å². The molecular weight excluding hydrogens is 1830 g/mol. The van der Waals surface area contributed by atoms with Crippen LogP contribution in [0.4, 0.5) is 11.4 Å². The van der Waals surface area contributed by atoms with Crippen LogP contribution < -0.4 is 20.9 Å². The number of carbonyl (C=O) groups is 11. The molecule has 146 heavy (non-hydrogen) atoms. The fourth-order valence-corrected chi connectivity index (χ4v) is 19.6. The average Bonchev–Trinajstić information content (AvgIpc) is 1.60. The smallest absolute Gasteiger partial charge is 0.317 e. The summed E-state index contributed by atoms with van der Waals surface area (Å²) in [6.07, 6.45) is 56.4. The summed E-state index contributed by atoms with van der Waals surface area (Å²) in [6.45, 7) is 43.9. The van der Waals surface area contributed by atoms with E-state index in [0.29, 0.717) is 141 Å². The number of fused-ring (bicyclic) bond motifs is 2. The normalized spacial score (nSPS) is 15.5. The number of hydrogen-bond acceptors (Lipinski definition) is 17. The summed E-state index contributed by atoms with van der Waals surface area (Å²) in [4.78, 5) is 147. The van der Waals surface area contributed by atoms with Crippen molar-refractivity contribution in [1.29, 1.82) is 0 Å². The van der Waals surface area contributed by atoms with Crippen molar-refractivity contribution in [3.05, 3.63) is 143 Å². The van der Waals surface area contributed by atoms with Crippen LogP contribution >= 0.6 is 0 Å². The first-order chi connectivity index (χ1) is 69.2. The summed E-state index contributed by atoms with van der Waals surface area (Å²) < 4.78 is 2.29. The fourth-order valence-electron chi connectivity index (χ4n) is 19.6. The molecule has 1 fully saturated rings. The third-order valence-corrected chi connectivity index (χ3v) is 27.9. The number of allylic oxidation sites excluding steroid dienone is 6. The first kappa shape index (κ1) is 131. The number of nitrogens with zero attached hydrogens (tertiary/aromatic N) is 8. The van der Waals surface area contributed by atoms with Crippen LogP contribution in [0.25, 0.3) is 0 Å². The van der Waals surface area contributed by atoms with Crippen LogP contribution in [0.1, 0.15) is 370 Å². The summed E-state index contributed by atoms with van der Waals surface area (Å²) in [5.74, 6) is 3.54. The van der Waals surface area contributed by atoms with E-state index in [9.17, 15) is 63.0 Å². The van der Waals surface area contributed by atoms with Crippen molar-refractivity contribution in [3.8, 4) is 12.3 Å². The van der Waals surface area contributed by atoms with Gasteiger partial charge in [-0.05, 0) is 165 Å². The molecule has 4 aliphatic heterocycles. The zero-order valence-electron chi connectivity index (χ0n) is 93.1. The number of carbonyl (C=O) groups excluding carboxylic acids is 9. The zero-order valence-corrected chi connectivity index (χ0v) is 93.1. The van der Waals surface area contributed by atoms with Crippen molar-refractivity contribution in [2.75, 3.05) is 136 Å². The fraction of sp³-hybridized carbons (Fsp3) is 0.672. The number of rotatable bonds is 67. The lowest BCUT2D eigenvalue weighted by Gasteiger charge is -2.33. The van der Waals surface area contributed by atoms with Gasteiger partial charge in [0.05, 0.1) is 38.1 Å². The van der Waals surface area contributed by atoms with E-state index in [2.05, 4.69) is 244 Å². The lowest BCUT2D eigenvalue weighted by atomic mass is 9.81. The molecule has 4 aliphatic rings. The van der Waals surface area contributed by atoms with Gasteiger partial charge < -0.3 is 31.1 Å². The molecule has 818 valence electrons. The number of carboxylic acid groups (broad SMARTS) is 2. The lowest BCUT2D eigenvalue weighted by Crippen LogP contribution is -2.49. The number of carboxylic acids is 2. The molecule has 0 radical (unpaired) electrons. The van der Waals surface area contributed by atoms with Gasteiger partial charge in [0, 0.05) is 170 Å². The Kier molecular flexibility index (Phi) is 67.5. The van der Waals surface area contributed by atoms with Gasteiger partial charge in [-0.2, -0.15) is 4.58 Å². The number of amides is 5. The van der Waals surface area contributed by atoms with Gasteiger partial charge in [-0.1, -0.05) is 296 Å². The quantitative estimate of drug-likeness (QED) is 0.0115. The maximum absolute atomic E-state index is 13.1. The molecule has 1 unspecified atom stereocenters. The average molecular weight is 2030 g/mol. The molecule has 7 rings (SSSR count). The van der Waals surface area contributed by atoms with Crippen LogP contribution in [0, 0.1) is 49.9 Å². The molecule has 1 saturated heterocycles. The lowest BCUT2D eigenvalue weighted by molar-refractivity contribution is -0.401. The van der Waals surface area contributed by atoms with E-state index in [1.54, 1.807) is 0 Å². The van der Waals surface area contributed by atoms with Crippen molar-refractivity contribution in [2.45, 2.75) is 379 Å². The minimum absolute atomic E-state index is 0. The predicted molar refractivity (Wildman–Crippen MR) is 602 cm³/mol. The SMILES string of the molecule is C.C#CCCC(=O)CCCCCCCC(C)C.CC(=O)CN1CCN(CC(=O)O)CCN(CC(=O)NCCCCCCC(C)C)CCN(CC(=O)O)CC1.CC(C)CCCCCCNC(=O)C(CCCCNC(=O)CCCCCN1C(=CC=CC=CC2=[N+](C)c3ccccc3C2(C)C)C(C)(C)c2ccccc21)N1C(=O)C=CC1=O.CCN(CCCCCC(=O)CCCCCCCC(C)C)CC(=O)Cc1cc(C)cc(C)c1. The van der Waals surface area contributed by atoms with Gasteiger partial charge in [-0.3, -0.25) is 82.1 Å². The van der Waals surface area contributed by atoms with Gasteiger partial charge in [0.2, 0.25) is 23.4 Å². The molecule has 24 nitrogen and oxygen atoms in total. The number of aliphatic carboxylic acids is 2. The Morgan fingerprint density at radius 2 is 0.904 bits per heavy atom. The number of imide groups is 1. The van der Waals surface area contributed by atoms with Crippen molar-refractivity contribution < 1.29 is 67.5 Å². The van der Waals surface area contributed by atoms with E-state index in [1.165, 1.54) is 160 Å². The molecule has 0 aromatic heterocycles. The second kappa shape index (κ2) is 75.3. The highest BCUT2D eigenvalue weighted by Crippen LogP contribution is 2.48. The minimum Gasteiger partial charge on any atom is -0.480 e. The van der Waals surface area contributed by atoms with Gasteiger partial charge in [-0.15, -0.1) is 12.3 Å². The standard InChI is InChI=1S/C51H69N5O4.C29H49NO2.C26H49N5O6.C15H26O.CH4/c1-38(2)24-12-8-9-21-36-53-49(60)43(56-47(58)33-34-48(56)59)29-20-22-35-52-46(57)32-15-11-23-37-55-42-28-19-17-26-40(42)51(5,6)45(55)31-14-10-13-30-44-50(3,4)39-25-16-18-27-41(39)54(44)7;1-6-30(23-29(32)22-27-20-25(4)19-26(5)21-27)18-14-10-13-17-28(31)16-12-9-7-8-11-15-24(2)3;1-22(2)8-6-4-5-7-9-27-24(33)19-29-12-16-30(20-25(34)35)14-10-28(18-23(3)32)11-15-31(17-13-29)21-26(36)37;1-4-5-12-15(16)13-10-8-6-7-9-11-14(2)3;/h10,13-14,16-19,25-28,30-31,33-34,38,43H,8-9,11-12,15,20-24,29,32,35-37H2,1-7H3,(H-,52,53,57,60);19-21,24H,6-18,22-23H2,1-5H3;22H,4-21H2,1-3H3,(H,27,33)(H,34,35)(H,36,37);1,14H,5-13H2,2-3H3;1H4/p+1. The van der Waals surface area contributed by atoms with Crippen molar-refractivity contribution in [2.24, 2.45) is 23.7 Å². The van der Waals surface area contributed by atoms with Crippen LogP contribution in [0.5, 0.6) is 0 Å². The Bertz CT molecular complexity index is 4500. The van der Waals surface area contributed by atoms with E-state index in [0.717, 1.165) is 151 Å². The van der Waals surface area contributed by atoms with Crippen molar-refractivity contribution >= 4 is 81.7 Å². The Labute approximate surface area is 883 Å². The van der Waals surface area contributed by atoms with Crippen LogP contribution in [-0.2, 0) is 70.0 Å². The Morgan fingerprint density at radius 1 is 0.479 bits per heavy atom. The number of terminal acetylenes is 1. The number of nitrogens with one attached hydrogen (secondary N) is 3. The highest BCUT2D eigenvalue weighted by molar-refractivity contribution is 6.15. The maximum atomic E-state index is 13.1. The number of unbranched alkanes of at least 4 members (excludes halogenated alkanes) is 19. The molecule has 24 heteroatoms. The third kappa shape index (κ3) is 55.8. The number of benzene rings is 3. The first-order valence-corrected chi connectivity index (χ1v) is 55.9. The summed E-state index contributed by atoms with van der Waals surface area (Å²) in [6, 6.07) is 22.8. The molecular formula is C122H198N11O13+. The maximum Gasteiger partial charge on any atom is 0.317 e. The number of Topliss-reactive ketones (excluding diaryl/α,β-unsaturated/α-hetero) is 4. The molecule has 3 aromatic rings. The van der Waals surface area contributed by atoms with Gasteiger partial charge >= 0.3 is 11.9 Å². The van der Waals surface area contributed by atoms with E-state index < -0.39 is 29.8 Å². The number of likely N-dealkylation sites (N-methyl/N-ethyl adjacent to an activating group) is 1. The first-order valence-electron chi connectivity index (χ1n) is 55.9. The third-order valence-electron chi connectivity index (χ3n) is 27.9. The molecule has 5 amide bonds. The summed E-state index contributed by atoms with van der Waals surface area (Å²) in [5, 5.41) is 27.7. The van der Waals surface area contributed by atoms with Gasteiger partial charge in [0.15, 0.2) is 11.5 Å². The highest BCUT2D eigenvalue weighted by Gasteiger charge is 2.43. The molecule has 1 atom stereocenters. The summed E-state index contributed by atoms with van der Waals surface area (Å²) in [5.41, 5.74) is 11.1. The second-order valence-corrected chi connectivity index (χ2v) is 43.7. The highest BCUT2D eigenvalue weighted by atomic mass is 16.4. The van der Waals surface area contributed by atoms with E-state index >= 15 is 0 Å². The van der Waals surface area contributed by atoms with Gasteiger partial charge in [0.25, 0.3) is 11.8 Å². The predicted octanol–water partition coefficient (Wildman–Crippen LogP) is 22.3. The number of aryl methyl sites for hydroxylation is 2. The largest absolute Gasteiger partial charge is 0.480 e. The van der Waals surface area contributed by atoms with E-state index in [1.807, 2.05) is 19.6 Å². The molecule has 3 aromatic carbocycles. The monoisotopic (exact) mass is 2030 g/mol. The van der Waals surface area contributed by atoms with Gasteiger partial charge in [0.1, 0.15) is 30.4 Å². The molecule has 4 heterocycles. The molecule has 0 bridgehead atoms. The van der Waals surface area contributed by atoms with Crippen LogP contribution in [0.2, 0.25) is 0 Å². The molecule has 0 spiro atoms. The van der Waals surface area contributed by atoms with Crippen molar-refractivity contribution in [1.82, 2.24) is 45.3 Å². The van der Waals surface area contributed by atoms with Crippen LogP contribution in [0.15, 0.2) is 115 Å². The summed E-state index contributed by atoms with van der Waals surface area (Å²) >= 11 is 0. The van der Waals surface area contributed by atoms with Crippen molar-refractivity contribution in [3.63, 3.8) is 0 Å². The Hall–Kier alpha value is -9.38. The number of ketones is 4. The Morgan fingerprint density at radius 3 is 1.40 bits per heavy atom. The summed E-state index contributed by atoms with van der Waals surface area (Å²) in [7, 11) is 2.14. The second-order valence-electron chi connectivity index (χ2n) is 43.7. The van der Waals surface area contributed by atoms with E-state index in [4.69, 9.17) is 6.42 Å². The number of para-hydroxylation sites is 2. The topological polar surface area (TPSA) is 290 Å². The van der Waals surface area contributed by atoms with Crippen LogP contribution in [-0.4, -0.2) is 252 Å². The number of anilines is 1. The number of hydrogen-bond donors (Lipinski definition) is 5. The van der Waals surface area contributed by atoms with Gasteiger partial charge in [-0.25, -0.2) is 0 Å².